The molecular formula is C32H51N7O17-2. The molecule has 0 aromatic carbocycles. The van der Waals surface area contributed by atoms with Crippen molar-refractivity contribution >= 4 is 53.4 Å². The van der Waals surface area contributed by atoms with E-state index in [1.165, 1.54) is 20.8 Å². The van der Waals surface area contributed by atoms with Crippen LogP contribution in [0.5, 0.6) is 0 Å². The van der Waals surface area contributed by atoms with Crippen molar-refractivity contribution in [2.45, 2.75) is 140 Å². The number of quaternary nitrogens is 1. The van der Waals surface area contributed by atoms with Gasteiger partial charge < -0.3 is 92.1 Å². The smallest absolute Gasteiger partial charge is 0.249 e. The first-order valence-electron chi connectivity index (χ1n) is 17.5. The molecule has 56 heavy (non-hydrogen) atoms. The zero-order valence-corrected chi connectivity index (χ0v) is 31.4. The zero-order valence-electron chi connectivity index (χ0n) is 31.4. The van der Waals surface area contributed by atoms with Gasteiger partial charge in [0.15, 0.2) is 6.29 Å². The monoisotopic (exact) mass is 805 g/mol. The zero-order chi connectivity index (χ0) is 43.0. The number of carbonyl (C=O) groups excluding carboxylic acids is 9. The minimum atomic E-state index is -1.82. The Balaban J connectivity index is 2.91. The Labute approximate surface area is 320 Å². The molecule has 1 aliphatic rings. The molecule has 1 rings (SSSR count). The van der Waals surface area contributed by atoms with Crippen molar-refractivity contribution in [3.05, 3.63) is 0 Å². The van der Waals surface area contributed by atoms with Gasteiger partial charge in [-0.25, -0.2) is 0 Å². The predicted octanol–water partition coefficient (Wildman–Crippen LogP) is -10.4. The lowest BCUT2D eigenvalue weighted by Gasteiger charge is -2.43. The number of carbonyl (C=O) groups is 9. The highest BCUT2D eigenvalue weighted by Crippen LogP contribution is 2.24. The number of amides is 6. The van der Waals surface area contributed by atoms with Gasteiger partial charge in [-0.3, -0.25) is 28.8 Å². The van der Waals surface area contributed by atoms with E-state index in [1.807, 2.05) is 0 Å². The molecule has 0 bridgehead atoms. The first-order valence-corrected chi connectivity index (χ1v) is 17.5. The molecule has 6 amide bonds. The van der Waals surface area contributed by atoms with Gasteiger partial charge in [-0.2, -0.15) is 0 Å². The van der Waals surface area contributed by atoms with E-state index in [2.05, 4.69) is 37.6 Å². The van der Waals surface area contributed by atoms with Crippen LogP contribution >= 0.6 is 0 Å². The van der Waals surface area contributed by atoms with Crippen molar-refractivity contribution in [1.82, 2.24) is 31.9 Å². The molecule has 1 aliphatic heterocycles. The molecule has 12 atom stereocenters. The Bertz CT molecular complexity index is 1430. The van der Waals surface area contributed by atoms with Crippen molar-refractivity contribution < 1.29 is 89.0 Å². The second-order valence-electron chi connectivity index (χ2n) is 13.2. The molecule has 12 N–H and O–H groups in total. The lowest BCUT2D eigenvalue weighted by atomic mass is 9.96. The maximum absolute atomic E-state index is 13.0. The van der Waals surface area contributed by atoms with Gasteiger partial charge in [-0.05, 0) is 47.0 Å². The number of carboxylic acids is 3. The van der Waals surface area contributed by atoms with Crippen LogP contribution in [-0.4, -0.2) is 148 Å². The van der Waals surface area contributed by atoms with Gasteiger partial charge in [0.2, 0.25) is 35.4 Å². The second kappa shape index (κ2) is 23.2. The second-order valence-corrected chi connectivity index (χ2v) is 13.2. The molecule has 0 radical (unpaired) electrons. The Morgan fingerprint density at radius 2 is 1.27 bits per heavy atom. The number of aliphatic hydroxyl groups is 3. The summed E-state index contributed by atoms with van der Waals surface area (Å²) in [6.07, 6.45) is -9.06. The third-order valence-electron chi connectivity index (χ3n) is 8.48. The predicted molar refractivity (Wildman–Crippen MR) is 177 cm³/mol. The van der Waals surface area contributed by atoms with Gasteiger partial charge in [0.1, 0.15) is 54.6 Å². The fraction of sp³-hybridized carbons (Fsp3) is 0.719. The minimum absolute atomic E-state index is 0.0183. The quantitative estimate of drug-likeness (QED) is 0.0458. The molecule has 1 unspecified atom stereocenters. The number of hydrogen-bond acceptors (Lipinski definition) is 17. The van der Waals surface area contributed by atoms with Crippen LogP contribution in [-0.2, 0) is 52.6 Å². The Morgan fingerprint density at radius 1 is 0.714 bits per heavy atom. The standard InChI is InChI=1S/C32H53N7O17/c1-12(25(44)36-14(3)29(48)49)35-28(47)18(8-6-7-17(33)30(50)51)38-21(42)10-9-19(31(52)53)39-26(45)13(2)34-27(46)15(4)55-24-22(37-16(5)41)32(54)56-20(11-40)23(24)43/h12-15,17-20,22-24,32,40,43,54H,6-11,33H2,1-5H3,(H,34,46)(H,35,47)(H,36,44)(H,37,41)(H,38,42)(H,39,45)(H,48,49)(H,50,51)(H,52,53)/p-2/t12-,13+,14-,15-,17-,18+,19-,20-,22-,23-,24-,32?/m1/s1. The average Bonchev–Trinajstić information content (AvgIpc) is 3.11. The lowest BCUT2D eigenvalue weighted by Crippen LogP contribution is -2.68. The largest absolute Gasteiger partial charge is 0.548 e. The highest BCUT2D eigenvalue weighted by molar-refractivity contribution is 5.93. The third-order valence-corrected chi connectivity index (χ3v) is 8.48. The number of ether oxygens (including phenoxy) is 2. The summed E-state index contributed by atoms with van der Waals surface area (Å²) in [4.78, 5) is 109. The van der Waals surface area contributed by atoms with Gasteiger partial charge in [0.25, 0.3) is 0 Å². The van der Waals surface area contributed by atoms with Gasteiger partial charge >= 0.3 is 0 Å². The molecule has 0 aliphatic carbocycles. The molecule has 24 nitrogen and oxygen atoms in total. The summed E-state index contributed by atoms with van der Waals surface area (Å²) in [5.74, 6) is -10.3. The van der Waals surface area contributed by atoms with Gasteiger partial charge in [0, 0.05) is 19.8 Å². The highest BCUT2D eigenvalue weighted by Gasteiger charge is 2.47. The van der Waals surface area contributed by atoms with E-state index in [4.69, 9.17) is 9.47 Å². The van der Waals surface area contributed by atoms with E-state index < -0.39 is 146 Å². The van der Waals surface area contributed by atoms with Crippen LogP contribution < -0.4 is 53.0 Å². The average molecular weight is 806 g/mol. The Hall–Kier alpha value is -5.01. The maximum Gasteiger partial charge on any atom is 0.249 e. The maximum atomic E-state index is 13.0. The fourth-order valence-corrected chi connectivity index (χ4v) is 5.15. The van der Waals surface area contributed by atoms with Crippen LogP contribution in [0.3, 0.4) is 0 Å². The summed E-state index contributed by atoms with van der Waals surface area (Å²) in [5, 5.41) is 77.6. The van der Waals surface area contributed by atoms with E-state index >= 15 is 0 Å². The van der Waals surface area contributed by atoms with E-state index in [0.29, 0.717) is 0 Å². The molecule has 0 aromatic heterocycles. The van der Waals surface area contributed by atoms with Crippen LogP contribution in [0.25, 0.3) is 0 Å². The van der Waals surface area contributed by atoms with Crippen LogP contribution in [0.4, 0.5) is 0 Å². The van der Waals surface area contributed by atoms with Crippen LogP contribution in [0.1, 0.15) is 66.7 Å². The van der Waals surface area contributed by atoms with E-state index in [9.17, 15) is 73.8 Å². The van der Waals surface area contributed by atoms with Crippen LogP contribution in [0, 0.1) is 0 Å². The van der Waals surface area contributed by atoms with Gasteiger partial charge in [-0.1, -0.05) is 0 Å². The van der Waals surface area contributed by atoms with Crippen molar-refractivity contribution in [2.24, 2.45) is 0 Å². The Morgan fingerprint density at radius 3 is 1.79 bits per heavy atom. The number of aliphatic hydroxyl groups excluding tert-OH is 3. The fourth-order valence-electron chi connectivity index (χ4n) is 5.15. The number of hydrogen-bond donors (Lipinski definition) is 10. The van der Waals surface area contributed by atoms with Crippen LogP contribution in [0.2, 0.25) is 0 Å². The third kappa shape index (κ3) is 16.0. The topological polar surface area (TPSA) is 402 Å². The van der Waals surface area contributed by atoms with Crippen molar-refractivity contribution in [2.75, 3.05) is 6.61 Å². The molecule has 0 aromatic rings. The Kier molecular flexibility index (Phi) is 20.3. The summed E-state index contributed by atoms with van der Waals surface area (Å²) in [6, 6.07) is -9.85. The molecule has 1 fully saturated rings. The number of carboxylic acid groups (broad SMARTS) is 3. The molecule has 1 saturated heterocycles. The van der Waals surface area contributed by atoms with Crippen LogP contribution in [0.15, 0.2) is 0 Å². The molecule has 0 spiro atoms. The number of nitrogens with one attached hydrogen (secondary N) is 6. The van der Waals surface area contributed by atoms with Crippen molar-refractivity contribution in [1.29, 1.82) is 0 Å². The number of aliphatic carboxylic acids is 3. The van der Waals surface area contributed by atoms with Crippen molar-refractivity contribution in [3.63, 3.8) is 0 Å². The molecule has 24 heteroatoms. The molecule has 318 valence electrons. The summed E-state index contributed by atoms with van der Waals surface area (Å²) in [5.41, 5.74) is 3.40. The molecule has 0 saturated carbocycles. The molecular weight excluding hydrogens is 754 g/mol. The lowest BCUT2D eigenvalue weighted by molar-refractivity contribution is -0.438. The first-order chi connectivity index (χ1) is 26.0. The first kappa shape index (κ1) is 49.0. The minimum Gasteiger partial charge on any atom is -0.548 e. The van der Waals surface area contributed by atoms with Gasteiger partial charge in [0.05, 0.1) is 36.6 Å². The summed E-state index contributed by atoms with van der Waals surface area (Å²) in [7, 11) is 0. The highest BCUT2D eigenvalue weighted by atomic mass is 16.6. The SMILES string of the molecule is CC(=O)N[C@H]1C(O)O[C@H](CO)[C@@H](O)[C@@H]1O[C@H](C)C(=O)N[C@@H](C)C(=O)N[C@H](CCC(=O)N[C@@H](CCC[C@@H]([NH3+])C(=O)[O-])C(=O)N[C@H](C)C(=O)N[C@H](C)C(=O)[O-])C(=O)[O-]. The summed E-state index contributed by atoms with van der Waals surface area (Å²) in [6.45, 7) is 5.08. The van der Waals surface area contributed by atoms with Gasteiger partial charge in [-0.15, -0.1) is 0 Å². The summed E-state index contributed by atoms with van der Waals surface area (Å²) >= 11 is 0. The summed E-state index contributed by atoms with van der Waals surface area (Å²) < 4.78 is 10.7. The number of rotatable bonds is 23. The van der Waals surface area contributed by atoms with E-state index in [-0.39, 0.29) is 19.3 Å². The van der Waals surface area contributed by atoms with Crippen molar-refractivity contribution in [3.8, 4) is 0 Å². The normalized spacial score (nSPS) is 23.0. The van der Waals surface area contributed by atoms with E-state index in [1.54, 1.807) is 0 Å². The molecule has 1 heterocycles. The van der Waals surface area contributed by atoms with E-state index in [0.717, 1.165) is 13.8 Å².